The summed E-state index contributed by atoms with van der Waals surface area (Å²) in [7, 11) is 1.69. The zero-order valence-electron chi connectivity index (χ0n) is 22.1. The number of ether oxygens (including phenoxy) is 2. The molecule has 14 heteroatoms. The van der Waals surface area contributed by atoms with Gasteiger partial charge in [-0.05, 0) is 17.7 Å². The van der Waals surface area contributed by atoms with Gasteiger partial charge in [-0.3, -0.25) is 10.1 Å². The molecule has 0 saturated carbocycles. The van der Waals surface area contributed by atoms with E-state index in [9.17, 15) is 14.0 Å². The van der Waals surface area contributed by atoms with Gasteiger partial charge in [0.05, 0.1) is 38.7 Å². The highest BCUT2D eigenvalue weighted by Crippen LogP contribution is 2.22. The number of amides is 3. The molecule has 2 N–H and O–H groups in total. The number of halogens is 1. The minimum Gasteiger partial charge on any atom is -0.378 e. The normalized spacial score (nSPS) is 15.6. The van der Waals surface area contributed by atoms with Crippen LogP contribution in [-0.2, 0) is 22.6 Å². The Morgan fingerprint density at radius 3 is 2.48 bits per heavy atom. The first-order valence-corrected chi connectivity index (χ1v) is 13.9. The van der Waals surface area contributed by atoms with E-state index in [0.29, 0.717) is 86.5 Å². The number of nitrogens with one attached hydrogen (secondary N) is 2. The average molecular weight is 571 g/mol. The summed E-state index contributed by atoms with van der Waals surface area (Å²) in [4.78, 5) is 45.2. The number of hydrogen-bond acceptors (Lipinski definition) is 10. The van der Waals surface area contributed by atoms with Crippen molar-refractivity contribution >= 4 is 40.2 Å². The molecule has 12 nitrogen and oxygen atoms in total. The second-order valence-corrected chi connectivity index (χ2v) is 10.2. The Morgan fingerprint density at radius 1 is 1.02 bits per heavy atom. The van der Waals surface area contributed by atoms with Crippen LogP contribution in [0.15, 0.2) is 35.7 Å². The zero-order chi connectivity index (χ0) is 27.9. The number of anilines is 3. The lowest BCUT2D eigenvalue weighted by atomic mass is 10.2. The Labute approximate surface area is 235 Å². The fraction of sp³-hybridized carbons (Fsp3) is 0.423. The van der Waals surface area contributed by atoms with Crippen LogP contribution in [0, 0.1) is 5.82 Å². The van der Waals surface area contributed by atoms with Crippen molar-refractivity contribution in [3.8, 4) is 0 Å². The van der Waals surface area contributed by atoms with Gasteiger partial charge >= 0.3 is 6.03 Å². The first-order chi connectivity index (χ1) is 19.4. The van der Waals surface area contributed by atoms with E-state index in [1.807, 2.05) is 4.90 Å². The van der Waals surface area contributed by atoms with E-state index >= 15 is 0 Å². The Kier molecular flexibility index (Phi) is 8.98. The molecule has 0 atom stereocenters. The third-order valence-corrected chi connectivity index (χ3v) is 7.22. The summed E-state index contributed by atoms with van der Waals surface area (Å²) in [6, 6.07) is 7.29. The van der Waals surface area contributed by atoms with Crippen LogP contribution >= 0.6 is 11.3 Å². The fourth-order valence-electron chi connectivity index (χ4n) is 4.31. The van der Waals surface area contributed by atoms with Gasteiger partial charge in [-0.15, -0.1) is 11.3 Å². The second kappa shape index (κ2) is 13.0. The molecule has 3 amide bonds. The van der Waals surface area contributed by atoms with Crippen LogP contribution in [0.4, 0.5) is 26.1 Å². The van der Waals surface area contributed by atoms with E-state index in [0.717, 1.165) is 0 Å². The summed E-state index contributed by atoms with van der Waals surface area (Å²) in [6.45, 7) is 5.45. The molecule has 0 spiro atoms. The van der Waals surface area contributed by atoms with Gasteiger partial charge in [0.1, 0.15) is 17.3 Å². The molecule has 0 aliphatic carbocycles. The van der Waals surface area contributed by atoms with E-state index in [4.69, 9.17) is 14.5 Å². The van der Waals surface area contributed by atoms with Crippen molar-refractivity contribution in [2.45, 2.75) is 13.1 Å². The van der Waals surface area contributed by atoms with Crippen LogP contribution in [0.25, 0.3) is 0 Å². The average Bonchev–Trinajstić information content (AvgIpc) is 3.42. The molecule has 4 heterocycles. The maximum Gasteiger partial charge on any atom is 0.321 e. The molecule has 0 unspecified atom stereocenters. The van der Waals surface area contributed by atoms with E-state index in [-0.39, 0.29) is 24.8 Å². The number of morpholine rings is 2. The Morgan fingerprint density at radius 2 is 1.75 bits per heavy atom. The third kappa shape index (κ3) is 7.20. The van der Waals surface area contributed by atoms with Crippen molar-refractivity contribution in [3.05, 3.63) is 58.5 Å². The predicted molar refractivity (Wildman–Crippen MR) is 148 cm³/mol. The first-order valence-electron chi connectivity index (χ1n) is 13.0. The van der Waals surface area contributed by atoms with Gasteiger partial charge in [-0.1, -0.05) is 12.1 Å². The lowest BCUT2D eigenvalue weighted by Gasteiger charge is -2.31. The number of aromatic nitrogens is 3. The molecule has 1 aromatic carbocycles. The van der Waals surface area contributed by atoms with Crippen LogP contribution in [0.1, 0.15) is 21.7 Å². The number of thiazole rings is 1. The van der Waals surface area contributed by atoms with Crippen LogP contribution < -0.4 is 20.4 Å². The third-order valence-electron chi connectivity index (χ3n) is 6.41. The second-order valence-electron chi connectivity index (χ2n) is 9.35. The molecular formula is C26H31FN8O4S. The quantitative estimate of drug-likeness (QED) is 0.420. The Hall–Kier alpha value is -3.88. The largest absolute Gasteiger partial charge is 0.378 e. The van der Waals surface area contributed by atoms with Crippen molar-refractivity contribution in [1.82, 2.24) is 25.2 Å². The highest BCUT2D eigenvalue weighted by atomic mass is 32.1. The highest BCUT2D eigenvalue weighted by Gasteiger charge is 2.23. The number of carbonyl (C=O) groups excluding carboxylic acids is 2. The molecule has 2 aliphatic rings. The fourth-order valence-corrected chi connectivity index (χ4v) is 5.01. The lowest BCUT2D eigenvalue weighted by Crippen LogP contribution is -2.40. The molecule has 0 bridgehead atoms. The predicted octanol–water partition coefficient (Wildman–Crippen LogP) is 2.34. The molecule has 40 heavy (non-hydrogen) atoms. The maximum atomic E-state index is 13.5. The Balaban J connectivity index is 1.22. The van der Waals surface area contributed by atoms with E-state index in [1.165, 1.54) is 28.4 Å². The molecule has 2 saturated heterocycles. The van der Waals surface area contributed by atoms with Gasteiger partial charge < -0.3 is 29.5 Å². The molecule has 3 aromatic rings. The molecule has 2 aliphatic heterocycles. The summed E-state index contributed by atoms with van der Waals surface area (Å²) in [5, 5.41) is 7.52. The van der Waals surface area contributed by atoms with Crippen LogP contribution in [0.2, 0.25) is 0 Å². The molecule has 5 rings (SSSR count). The molecule has 2 aromatic heterocycles. The number of hydrogen-bond donors (Lipinski definition) is 2. The van der Waals surface area contributed by atoms with Crippen LogP contribution in [0.5, 0.6) is 0 Å². The van der Waals surface area contributed by atoms with Crippen molar-refractivity contribution in [1.29, 1.82) is 0 Å². The molecule has 2 fully saturated rings. The smallest absolute Gasteiger partial charge is 0.321 e. The van der Waals surface area contributed by atoms with Crippen molar-refractivity contribution in [2.24, 2.45) is 0 Å². The summed E-state index contributed by atoms with van der Waals surface area (Å²) < 4.78 is 24.3. The molecule has 0 radical (unpaired) electrons. The van der Waals surface area contributed by atoms with Crippen LogP contribution in [-0.4, -0.2) is 91.4 Å². The van der Waals surface area contributed by atoms with Gasteiger partial charge in [0.25, 0.3) is 5.91 Å². The van der Waals surface area contributed by atoms with Gasteiger partial charge in [0.2, 0.25) is 5.95 Å². The number of rotatable bonds is 8. The van der Waals surface area contributed by atoms with Gasteiger partial charge in [-0.25, -0.2) is 19.2 Å². The summed E-state index contributed by atoms with van der Waals surface area (Å²) in [5.74, 6) is 0.579. The van der Waals surface area contributed by atoms with E-state index in [2.05, 4.69) is 25.5 Å². The molecule has 212 valence electrons. The van der Waals surface area contributed by atoms with Crippen molar-refractivity contribution < 1.29 is 23.5 Å². The van der Waals surface area contributed by atoms with Gasteiger partial charge in [0, 0.05) is 51.2 Å². The first kappa shape index (κ1) is 27.7. The van der Waals surface area contributed by atoms with E-state index in [1.54, 1.807) is 30.6 Å². The van der Waals surface area contributed by atoms with Crippen LogP contribution in [0.3, 0.4) is 0 Å². The van der Waals surface area contributed by atoms with Crippen molar-refractivity contribution in [2.75, 3.05) is 74.8 Å². The van der Waals surface area contributed by atoms with Gasteiger partial charge in [0.15, 0.2) is 5.13 Å². The van der Waals surface area contributed by atoms with Crippen molar-refractivity contribution in [3.63, 3.8) is 0 Å². The highest BCUT2D eigenvalue weighted by molar-refractivity contribution is 7.13. The molecular weight excluding hydrogens is 539 g/mol. The zero-order valence-corrected chi connectivity index (χ0v) is 23.0. The Bertz CT molecular complexity index is 1290. The number of urea groups is 1. The maximum absolute atomic E-state index is 13.5. The van der Waals surface area contributed by atoms with Gasteiger partial charge in [-0.2, -0.15) is 4.98 Å². The lowest BCUT2D eigenvalue weighted by molar-refractivity contribution is 0.0777. The number of carbonyl (C=O) groups is 2. The minimum absolute atomic E-state index is 0.177. The number of benzene rings is 1. The van der Waals surface area contributed by atoms with E-state index < -0.39 is 6.03 Å². The SMILES string of the molecule is CN(Cc1csc(NC(=O)NCc2cccc(F)c2)n1)C(=O)c1cc(N2CCOCC2)nc(N2CCOCC2)n1. The minimum atomic E-state index is -0.457. The standard InChI is InChI=1S/C26H31FN8O4S/c1-33(16-20-17-40-26(29-20)32-25(37)28-15-18-3-2-4-19(27)13-18)23(36)21-14-22(34-5-9-38-10-6-34)31-24(30-21)35-7-11-39-12-8-35/h2-4,13-14,17H,5-12,15-16H2,1H3,(H2,28,29,32,37). The summed E-state index contributed by atoms with van der Waals surface area (Å²) in [6.07, 6.45) is 0. The number of nitrogens with zero attached hydrogens (tertiary/aromatic N) is 6. The topological polar surface area (TPSA) is 125 Å². The summed E-state index contributed by atoms with van der Waals surface area (Å²) in [5.41, 5.74) is 1.57. The summed E-state index contributed by atoms with van der Waals surface area (Å²) >= 11 is 1.25. The monoisotopic (exact) mass is 570 g/mol.